The SMILES string of the molecule is CCN(CC)c1cc(OC)c(C=C(C#N)C(=O)NCc2cccs2)cc1Br. The normalized spacial score (nSPS) is 11.0. The number of rotatable bonds is 8. The molecule has 1 aromatic carbocycles. The van der Waals surface area contributed by atoms with Crippen LogP contribution in [0.4, 0.5) is 5.69 Å². The van der Waals surface area contributed by atoms with Gasteiger partial charge in [0.25, 0.3) is 5.91 Å². The Morgan fingerprint density at radius 1 is 1.41 bits per heavy atom. The van der Waals surface area contributed by atoms with Gasteiger partial charge in [0.05, 0.1) is 19.3 Å². The van der Waals surface area contributed by atoms with Crippen LogP contribution in [0.25, 0.3) is 6.08 Å². The molecule has 0 aliphatic carbocycles. The highest BCUT2D eigenvalue weighted by Gasteiger charge is 2.15. The van der Waals surface area contributed by atoms with Gasteiger partial charge in [-0.05, 0) is 53.4 Å². The Hall–Kier alpha value is -2.30. The van der Waals surface area contributed by atoms with E-state index in [9.17, 15) is 10.1 Å². The summed E-state index contributed by atoms with van der Waals surface area (Å²) in [6, 6.07) is 9.63. The van der Waals surface area contributed by atoms with Gasteiger partial charge in [0.2, 0.25) is 0 Å². The van der Waals surface area contributed by atoms with E-state index < -0.39 is 5.91 Å². The molecular weight excluding hydrogens is 426 g/mol. The first-order valence-corrected chi connectivity index (χ1v) is 10.3. The lowest BCUT2D eigenvalue weighted by molar-refractivity contribution is -0.117. The van der Waals surface area contributed by atoms with Crippen LogP contribution < -0.4 is 15.0 Å². The molecule has 27 heavy (non-hydrogen) atoms. The molecule has 7 heteroatoms. The topological polar surface area (TPSA) is 65.4 Å². The highest BCUT2D eigenvalue weighted by molar-refractivity contribution is 9.10. The van der Waals surface area contributed by atoms with Crippen LogP contribution in [0, 0.1) is 11.3 Å². The lowest BCUT2D eigenvalue weighted by Gasteiger charge is -2.23. The van der Waals surface area contributed by atoms with E-state index >= 15 is 0 Å². The second-order valence-electron chi connectivity index (χ2n) is 5.65. The van der Waals surface area contributed by atoms with Crippen molar-refractivity contribution in [3.8, 4) is 11.8 Å². The number of halogens is 1. The van der Waals surface area contributed by atoms with Crippen LogP contribution >= 0.6 is 27.3 Å². The van der Waals surface area contributed by atoms with E-state index in [1.165, 1.54) is 0 Å². The minimum absolute atomic E-state index is 0.0346. The van der Waals surface area contributed by atoms with E-state index in [4.69, 9.17) is 4.74 Å². The fourth-order valence-corrected chi connectivity index (χ4v) is 3.89. The van der Waals surface area contributed by atoms with Crippen LogP contribution in [-0.2, 0) is 11.3 Å². The summed E-state index contributed by atoms with van der Waals surface area (Å²) in [5.41, 5.74) is 1.71. The fourth-order valence-electron chi connectivity index (χ4n) is 2.63. The van der Waals surface area contributed by atoms with Crippen molar-refractivity contribution in [2.24, 2.45) is 0 Å². The first-order valence-electron chi connectivity index (χ1n) is 8.58. The summed E-state index contributed by atoms with van der Waals surface area (Å²) in [6.45, 7) is 6.30. The second kappa shape index (κ2) is 10.1. The number of hydrogen-bond donors (Lipinski definition) is 1. The lowest BCUT2D eigenvalue weighted by Crippen LogP contribution is -2.23. The van der Waals surface area contributed by atoms with Crippen LogP contribution in [0.2, 0.25) is 0 Å². The number of carbonyl (C=O) groups is 1. The average Bonchev–Trinajstić information content (AvgIpc) is 3.20. The number of ether oxygens (including phenoxy) is 1. The molecule has 0 spiro atoms. The average molecular weight is 448 g/mol. The highest BCUT2D eigenvalue weighted by atomic mass is 79.9. The van der Waals surface area contributed by atoms with Gasteiger partial charge in [0.1, 0.15) is 17.4 Å². The minimum Gasteiger partial charge on any atom is -0.496 e. The third-order valence-electron chi connectivity index (χ3n) is 4.07. The number of thiophene rings is 1. The number of amides is 1. The van der Waals surface area contributed by atoms with Crippen LogP contribution in [-0.4, -0.2) is 26.1 Å². The van der Waals surface area contributed by atoms with Gasteiger partial charge >= 0.3 is 0 Å². The maximum Gasteiger partial charge on any atom is 0.262 e. The molecule has 0 aliphatic heterocycles. The number of benzene rings is 1. The maximum atomic E-state index is 12.4. The molecule has 142 valence electrons. The van der Waals surface area contributed by atoms with Crippen molar-refractivity contribution < 1.29 is 9.53 Å². The second-order valence-corrected chi connectivity index (χ2v) is 7.54. The van der Waals surface area contributed by atoms with Crippen molar-refractivity contribution in [2.75, 3.05) is 25.1 Å². The lowest BCUT2D eigenvalue weighted by atomic mass is 10.1. The quantitative estimate of drug-likeness (QED) is 0.474. The summed E-state index contributed by atoms with van der Waals surface area (Å²) >= 11 is 5.15. The number of carbonyl (C=O) groups excluding carboxylic acids is 1. The number of nitriles is 1. The number of nitrogens with one attached hydrogen (secondary N) is 1. The van der Waals surface area contributed by atoms with Crippen LogP contribution in [0.3, 0.4) is 0 Å². The Labute approximate surface area is 172 Å². The summed E-state index contributed by atoms with van der Waals surface area (Å²) in [5, 5.41) is 14.2. The Balaban J connectivity index is 2.30. The molecule has 0 fully saturated rings. The zero-order chi connectivity index (χ0) is 19.8. The van der Waals surface area contributed by atoms with E-state index in [0.29, 0.717) is 17.9 Å². The third-order valence-corrected chi connectivity index (χ3v) is 5.58. The van der Waals surface area contributed by atoms with Gasteiger partial charge in [0, 0.05) is 34.1 Å². The van der Waals surface area contributed by atoms with Crippen molar-refractivity contribution in [2.45, 2.75) is 20.4 Å². The van der Waals surface area contributed by atoms with Gasteiger partial charge in [-0.2, -0.15) is 5.26 Å². The molecule has 0 bridgehead atoms. The van der Waals surface area contributed by atoms with E-state index in [1.807, 2.05) is 35.7 Å². The van der Waals surface area contributed by atoms with E-state index in [1.54, 1.807) is 24.5 Å². The van der Waals surface area contributed by atoms with Crippen molar-refractivity contribution in [1.29, 1.82) is 5.26 Å². The fraction of sp³-hybridized carbons (Fsp3) is 0.300. The Bertz CT molecular complexity index is 853. The van der Waals surface area contributed by atoms with Crippen LogP contribution in [0.1, 0.15) is 24.3 Å². The third kappa shape index (κ3) is 5.34. The number of nitrogens with zero attached hydrogens (tertiary/aromatic N) is 2. The molecule has 5 nitrogen and oxygen atoms in total. The largest absolute Gasteiger partial charge is 0.496 e. The number of anilines is 1. The summed E-state index contributed by atoms with van der Waals surface area (Å²) in [6.07, 6.45) is 1.55. The molecule has 0 aliphatic rings. The predicted octanol–water partition coefficient (Wildman–Crippen LogP) is 4.59. The summed E-state index contributed by atoms with van der Waals surface area (Å²) in [5.74, 6) is 0.204. The Morgan fingerprint density at radius 2 is 2.15 bits per heavy atom. The highest BCUT2D eigenvalue weighted by Crippen LogP contribution is 2.34. The predicted molar refractivity (Wildman–Crippen MR) is 114 cm³/mol. The van der Waals surface area contributed by atoms with Crippen molar-refractivity contribution >= 4 is 44.9 Å². The van der Waals surface area contributed by atoms with Gasteiger partial charge in [-0.25, -0.2) is 0 Å². The summed E-state index contributed by atoms with van der Waals surface area (Å²) in [7, 11) is 1.58. The van der Waals surface area contributed by atoms with E-state index in [0.717, 1.165) is 28.1 Å². The molecule has 0 atom stereocenters. The van der Waals surface area contributed by atoms with Crippen LogP contribution in [0.15, 0.2) is 39.7 Å². The molecule has 0 unspecified atom stereocenters. The summed E-state index contributed by atoms with van der Waals surface area (Å²) in [4.78, 5) is 15.6. The maximum absolute atomic E-state index is 12.4. The molecular formula is C20H22BrN3O2S. The number of hydrogen-bond acceptors (Lipinski definition) is 5. The van der Waals surface area contributed by atoms with Crippen molar-refractivity contribution in [3.05, 3.63) is 50.1 Å². The minimum atomic E-state index is -0.406. The molecule has 1 aromatic heterocycles. The summed E-state index contributed by atoms with van der Waals surface area (Å²) < 4.78 is 6.38. The van der Waals surface area contributed by atoms with E-state index in [-0.39, 0.29) is 5.57 Å². The van der Waals surface area contributed by atoms with E-state index in [2.05, 4.69) is 40.0 Å². The van der Waals surface area contributed by atoms with Gasteiger partial charge in [-0.15, -0.1) is 11.3 Å². The van der Waals surface area contributed by atoms with Gasteiger partial charge in [-0.1, -0.05) is 6.07 Å². The Kier molecular flexibility index (Phi) is 7.89. The van der Waals surface area contributed by atoms with Gasteiger partial charge in [0.15, 0.2) is 0 Å². The smallest absolute Gasteiger partial charge is 0.262 e. The molecule has 0 radical (unpaired) electrons. The van der Waals surface area contributed by atoms with Crippen molar-refractivity contribution in [1.82, 2.24) is 5.32 Å². The van der Waals surface area contributed by atoms with Gasteiger partial charge < -0.3 is 15.0 Å². The van der Waals surface area contributed by atoms with Gasteiger partial charge in [-0.3, -0.25) is 4.79 Å². The van der Waals surface area contributed by atoms with Crippen molar-refractivity contribution in [3.63, 3.8) is 0 Å². The first-order chi connectivity index (χ1) is 13.0. The van der Waals surface area contributed by atoms with Crippen LogP contribution in [0.5, 0.6) is 5.75 Å². The zero-order valence-electron chi connectivity index (χ0n) is 15.6. The molecule has 2 aromatic rings. The first kappa shape index (κ1) is 21.0. The molecule has 0 saturated carbocycles. The monoisotopic (exact) mass is 447 g/mol. The number of methoxy groups -OCH3 is 1. The molecule has 1 N–H and O–H groups in total. The molecule has 1 heterocycles. The molecule has 0 saturated heterocycles. The molecule has 1 amide bonds. The Morgan fingerprint density at radius 3 is 2.70 bits per heavy atom. The molecule has 2 rings (SSSR count). The zero-order valence-corrected chi connectivity index (χ0v) is 18.0. The standard InChI is InChI=1S/C20H22BrN3O2S/c1-4-24(5-2)18-11-19(26-3)14(10-17(18)21)9-15(12-22)20(25)23-13-16-7-6-8-27-16/h6-11H,4-5,13H2,1-3H3,(H,23,25).